The van der Waals surface area contributed by atoms with Crippen LogP contribution < -0.4 is 5.63 Å². The number of halogens is 1. The van der Waals surface area contributed by atoms with Crippen molar-refractivity contribution in [2.45, 2.75) is 6.42 Å². The van der Waals surface area contributed by atoms with Gasteiger partial charge in [-0.3, -0.25) is 0 Å². The van der Waals surface area contributed by atoms with Crippen LogP contribution in [0.5, 0.6) is 0 Å². The molecule has 2 aromatic carbocycles. The SMILES string of the molecule is O=c1ccc2cc(Cc3ccccc3)c(Br)cc2o1. The summed E-state index contributed by atoms with van der Waals surface area (Å²) in [6.07, 6.45) is 0.844. The second kappa shape index (κ2) is 5.02. The molecule has 0 spiro atoms. The van der Waals surface area contributed by atoms with E-state index in [4.69, 9.17) is 4.42 Å². The third-order valence-corrected chi connectivity index (χ3v) is 3.76. The Balaban J connectivity index is 2.07. The van der Waals surface area contributed by atoms with Gasteiger partial charge in [-0.25, -0.2) is 4.79 Å². The summed E-state index contributed by atoms with van der Waals surface area (Å²) in [5, 5.41) is 0.939. The maximum Gasteiger partial charge on any atom is 0.336 e. The molecule has 0 amide bonds. The Bertz CT molecular complexity index is 776. The molecular weight excluding hydrogens is 304 g/mol. The van der Waals surface area contributed by atoms with E-state index < -0.39 is 0 Å². The molecule has 1 aromatic heterocycles. The molecule has 0 N–H and O–H groups in total. The fourth-order valence-corrected chi connectivity index (χ4v) is 2.55. The molecule has 0 radical (unpaired) electrons. The number of rotatable bonds is 2. The van der Waals surface area contributed by atoms with Gasteiger partial charge < -0.3 is 4.42 Å². The summed E-state index contributed by atoms with van der Waals surface area (Å²) in [6, 6.07) is 17.4. The van der Waals surface area contributed by atoms with Gasteiger partial charge in [0.1, 0.15) is 5.58 Å². The molecule has 3 aromatic rings. The molecule has 0 fully saturated rings. The van der Waals surface area contributed by atoms with E-state index in [0.29, 0.717) is 5.58 Å². The van der Waals surface area contributed by atoms with Crippen molar-refractivity contribution < 1.29 is 4.42 Å². The molecule has 2 nitrogen and oxygen atoms in total. The summed E-state index contributed by atoms with van der Waals surface area (Å²) >= 11 is 3.54. The number of hydrogen-bond acceptors (Lipinski definition) is 2. The Kier molecular flexibility index (Phi) is 3.22. The van der Waals surface area contributed by atoms with Crippen LogP contribution in [0.25, 0.3) is 11.0 Å². The summed E-state index contributed by atoms with van der Waals surface area (Å²) < 4.78 is 6.12. The first kappa shape index (κ1) is 12.2. The topological polar surface area (TPSA) is 30.2 Å². The zero-order valence-corrected chi connectivity index (χ0v) is 11.7. The fraction of sp³-hybridized carbons (Fsp3) is 0.0625. The quantitative estimate of drug-likeness (QED) is 0.665. The zero-order chi connectivity index (χ0) is 13.2. The summed E-state index contributed by atoms with van der Waals surface area (Å²) in [7, 11) is 0. The number of hydrogen-bond donors (Lipinski definition) is 0. The first-order chi connectivity index (χ1) is 9.22. The second-order valence-electron chi connectivity index (χ2n) is 4.40. The first-order valence-corrected chi connectivity index (χ1v) is 6.78. The van der Waals surface area contributed by atoms with Gasteiger partial charge in [0.05, 0.1) is 0 Å². The van der Waals surface area contributed by atoms with Crippen LogP contribution in [0.2, 0.25) is 0 Å². The molecule has 0 aliphatic rings. The van der Waals surface area contributed by atoms with Crippen molar-refractivity contribution >= 4 is 26.9 Å². The lowest BCUT2D eigenvalue weighted by Crippen LogP contribution is -1.96. The minimum absolute atomic E-state index is 0.324. The van der Waals surface area contributed by atoms with Crippen molar-refractivity contribution in [1.82, 2.24) is 0 Å². The Morgan fingerprint density at radius 2 is 1.79 bits per heavy atom. The fourth-order valence-electron chi connectivity index (χ4n) is 2.09. The smallest absolute Gasteiger partial charge is 0.336 e. The van der Waals surface area contributed by atoms with E-state index in [9.17, 15) is 4.79 Å². The van der Waals surface area contributed by atoms with Crippen molar-refractivity contribution in [2.24, 2.45) is 0 Å². The highest BCUT2D eigenvalue weighted by molar-refractivity contribution is 9.10. The molecule has 0 bridgehead atoms. The van der Waals surface area contributed by atoms with Gasteiger partial charge in [-0.05, 0) is 35.7 Å². The summed E-state index contributed by atoms with van der Waals surface area (Å²) in [4.78, 5) is 11.2. The zero-order valence-electron chi connectivity index (χ0n) is 10.1. The van der Waals surface area contributed by atoms with Gasteiger partial charge in [0, 0.05) is 15.9 Å². The van der Waals surface area contributed by atoms with Crippen molar-refractivity contribution in [3.05, 3.63) is 80.6 Å². The lowest BCUT2D eigenvalue weighted by Gasteiger charge is -2.06. The number of fused-ring (bicyclic) bond motifs is 1. The molecule has 0 aliphatic carbocycles. The molecule has 0 unspecified atom stereocenters. The summed E-state index contributed by atoms with van der Waals surface area (Å²) in [5.41, 5.74) is 2.71. The highest BCUT2D eigenvalue weighted by atomic mass is 79.9. The van der Waals surface area contributed by atoms with Crippen LogP contribution in [-0.2, 0) is 6.42 Å². The Morgan fingerprint density at radius 1 is 1.00 bits per heavy atom. The van der Waals surface area contributed by atoms with Crippen LogP contribution in [0.4, 0.5) is 0 Å². The van der Waals surface area contributed by atoms with E-state index in [1.807, 2.05) is 24.3 Å². The van der Waals surface area contributed by atoms with Gasteiger partial charge in [0.25, 0.3) is 0 Å². The molecule has 3 heteroatoms. The van der Waals surface area contributed by atoms with E-state index >= 15 is 0 Å². The van der Waals surface area contributed by atoms with Crippen molar-refractivity contribution in [1.29, 1.82) is 0 Å². The third kappa shape index (κ3) is 2.61. The molecule has 0 atom stereocenters. The van der Waals surface area contributed by atoms with Crippen LogP contribution >= 0.6 is 15.9 Å². The standard InChI is InChI=1S/C16H11BrO2/c17-14-10-15-12(6-7-16(18)19-15)9-13(14)8-11-4-2-1-3-5-11/h1-7,9-10H,8H2. The largest absolute Gasteiger partial charge is 0.423 e. The van der Waals surface area contributed by atoms with E-state index in [2.05, 4.69) is 34.1 Å². The van der Waals surface area contributed by atoms with Crippen molar-refractivity contribution in [3.8, 4) is 0 Å². The van der Waals surface area contributed by atoms with Gasteiger partial charge in [0.2, 0.25) is 0 Å². The minimum atomic E-state index is -0.324. The second-order valence-corrected chi connectivity index (χ2v) is 5.25. The van der Waals surface area contributed by atoms with Gasteiger partial charge >= 0.3 is 5.63 Å². The van der Waals surface area contributed by atoms with Gasteiger partial charge in [0.15, 0.2) is 0 Å². The highest BCUT2D eigenvalue weighted by Crippen LogP contribution is 2.25. The van der Waals surface area contributed by atoms with Crippen molar-refractivity contribution in [2.75, 3.05) is 0 Å². The molecule has 3 rings (SSSR count). The van der Waals surface area contributed by atoms with Crippen LogP contribution in [0.1, 0.15) is 11.1 Å². The van der Waals surface area contributed by atoms with E-state index in [0.717, 1.165) is 16.3 Å². The molecule has 0 aliphatic heterocycles. The third-order valence-electron chi connectivity index (χ3n) is 3.03. The van der Waals surface area contributed by atoms with Crippen LogP contribution in [0.15, 0.2) is 68.3 Å². The first-order valence-electron chi connectivity index (χ1n) is 5.98. The van der Waals surface area contributed by atoms with Crippen LogP contribution in [-0.4, -0.2) is 0 Å². The van der Waals surface area contributed by atoms with E-state index in [-0.39, 0.29) is 5.63 Å². The Hall–Kier alpha value is -1.87. The van der Waals surface area contributed by atoms with Gasteiger partial charge in [-0.2, -0.15) is 0 Å². The lowest BCUT2D eigenvalue weighted by atomic mass is 10.0. The molecular formula is C16H11BrO2. The molecule has 19 heavy (non-hydrogen) atoms. The highest BCUT2D eigenvalue weighted by Gasteiger charge is 2.06. The molecule has 0 saturated heterocycles. The van der Waals surface area contributed by atoms with E-state index in [1.165, 1.54) is 17.2 Å². The normalized spacial score (nSPS) is 10.8. The van der Waals surface area contributed by atoms with Crippen LogP contribution in [0.3, 0.4) is 0 Å². The average molecular weight is 315 g/mol. The minimum Gasteiger partial charge on any atom is -0.423 e. The molecule has 0 saturated carbocycles. The van der Waals surface area contributed by atoms with Crippen molar-refractivity contribution in [3.63, 3.8) is 0 Å². The maximum atomic E-state index is 11.2. The van der Waals surface area contributed by atoms with Gasteiger partial charge in [-0.15, -0.1) is 0 Å². The van der Waals surface area contributed by atoms with Crippen LogP contribution in [0, 0.1) is 0 Å². The monoisotopic (exact) mass is 314 g/mol. The summed E-state index contributed by atoms with van der Waals surface area (Å²) in [5.74, 6) is 0. The summed E-state index contributed by atoms with van der Waals surface area (Å²) in [6.45, 7) is 0. The maximum absolute atomic E-state index is 11.2. The van der Waals surface area contributed by atoms with Gasteiger partial charge in [-0.1, -0.05) is 46.3 Å². The predicted octanol–water partition coefficient (Wildman–Crippen LogP) is 4.15. The lowest BCUT2D eigenvalue weighted by molar-refractivity contribution is 0.560. The number of benzene rings is 2. The predicted molar refractivity (Wildman–Crippen MR) is 79.4 cm³/mol. The van der Waals surface area contributed by atoms with E-state index in [1.54, 1.807) is 6.07 Å². The molecule has 94 valence electrons. The Labute approximate surface area is 118 Å². The molecule has 1 heterocycles. The average Bonchev–Trinajstić information content (AvgIpc) is 2.41. The Morgan fingerprint density at radius 3 is 2.58 bits per heavy atom.